The molecule has 2 heterocycles. The van der Waals surface area contributed by atoms with Crippen LogP contribution in [0.1, 0.15) is 44.2 Å². The van der Waals surface area contributed by atoms with Crippen molar-refractivity contribution in [3.05, 3.63) is 58.3 Å². The van der Waals surface area contributed by atoms with Crippen LogP contribution in [-0.4, -0.2) is 21.8 Å². The summed E-state index contributed by atoms with van der Waals surface area (Å²) in [7, 11) is 0. The van der Waals surface area contributed by atoms with Gasteiger partial charge in [-0.15, -0.1) is 0 Å². The number of aryl methyl sites for hydroxylation is 1. The molecule has 0 bridgehead atoms. The molecule has 1 N–H and O–H groups in total. The van der Waals surface area contributed by atoms with Gasteiger partial charge >= 0.3 is 5.97 Å². The summed E-state index contributed by atoms with van der Waals surface area (Å²) in [5, 5.41) is 9.07. The first-order valence-corrected chi connectivity index (χ1v) is 6.58. The molecule has 106 valence electrons. The van der Waals surface area contributed by atoms with E-state index >= 15 is 0 Å². The van der Waals surface area contributed by atoms with Crippen LogP contribution in [0.3, 0.4) is 0 Å². The van der Waals surface area contributed by atoms with Gasteiger partial charge in [-0.05, 0) is 31.1 Å². The maximum absolute atomic E-state index is 12.5. The van der Waals surface area contributed by atoms with Crippen LogP contribution in [0.5, 0.6) is 0 Å². The molecule has 0 saturated carbocycles. The fourth-order valence-corrected chi connectivity index (χ4v) is 2.57. The number of aromatic nitrogens is 1. The number of nitrogens with zero attached hydrogens (tertiary/aromatic N) is 1. The lowest BCUT2D eigenvalue weighted by Crippen LogP contribution is -2.13. The molecule has 0 aliphatic heterocycles. The summed E-state index contributed by atoms with van der Waals surface area (Å²) in [5.74, 6) is -0.976. The predicted octanol–water partition coefficient (Wildman–Crippen LogP) is 2.89. The van der Waals surface area contributed by atoms with E-state index in [1.807, 2.05) is 6.07 Å². The average molecular weight is 283 g/mol. The number of ketones is 1. The molecule has 0 amide bonds. The third-order valence-electron chi connectivity index (χ3n) is 3.58. The molecule has 5 nitrogen and oxygen atoms in total. The summed E-state index contributed by atoms with van der Waals surface area (Å²) < 4.78 is 5.31. The van der Waals surface area contributed by atoms with Crippen LogP contribution in [0.2, 0.25) is 0 Å². The zero-order chi connectivity index (χ0) is 15.0. The Morgan fingerprint density at radius 2 is 2.24 bits per heavy atom. The average Bonchev–Trinajstić information content (AvgIpc) is 2.81. The molecule has 2 aromatic rings. The third kappa shape index (κ3) is 2.27. The summed E-state index contributed by atoms with van der Waals surface area (Å²) in [6, 6.07) is 3.67. The fraction of sp³-hybridized carbons (Fsp3) is 0.188. The molecule has 2 aromatic heterocycles. The van der Waals surface area contributed by atoms with Crippen LogP contribution in [-0.2, 0) is 6.42 Å². The van der Waals surface area contributed by atoms with Crippen LogP contribution in [0.15, 0.2) is 34.5 Å². The van der Waals surface area contributed by atoms with Crippen LogP contribution in [0.4, 0.5) is 0 Å². The van der Waals surface area contributed by atoms with Crippen molar-refractivity contribution < 1.29 is 19.1 Å². The quantitative estimate of drug-likeness (QED) is 0.857. The van der Waals surface area contributed by atoms with E-state index in [0.717, 1.165) is 5.56 Å². The van der Waals surface area contributed by atoms with E-state index in [9.17, 15) is 9.59 Å². The fourth-order valence-electron chi connectivity index (χ4n) is 2.57. The Morgan fingerprint density at radius 1 is 1.43 bits per heavy atom. The zero-order valence-corrected chi connectivity index (χ0v) is 11.4. The van der Waals surface area contributed by atoms with Crippen molar-refractivity contribution in [3.8, 4) is 0 Å². The minimum atomic E-state index is -1.15. The van der Waals surface area contributed by atoms with Crippen LogP contribution in [0, 0.1) is 6.92 Å². The highest BCUT2D eigenvalue weighted by atomic mass is 16.4. The second kappa shape index (κ2) is 5.01. The highest BCUT2D eigenvalue weighted by Gasteiger charge is 2.31. The lowest BCUT2D eigenvalue weighted by molar-refractivity contribution is 0.0659. The third-order valence-corrected chi connectivity index (χ3v) is 3.58. The molecule has 0 fully saturated rings. The van der Waals surface area contributed by atoms with Gasteiger partial charge in [-0.1, -0.05) is 6.07 Å². The number of carboxylic acid groups (broad SMARTS) is 1. The molecule has 0 radical (unpaired) electrons. The topological polar surface area (TPSA) is 80.4 Å². The number of rotatable bonds is 2. The molecule has 0 saturated heterocycles. The SMILES string of the molecule is Cc1c(C(=O)O)oc2c1C(=O)C(=Cc1cccnc1)CC2. The van der Waals surface area contributed by atoms with E-state index in [2.05, 4.69) is 4.98 Å². The summed E-state index contributed by atoms with van der Waals surface area (Å²) in [4.78, 5) is 27.6. The van der Waals surface area contributed by atoms with E-state index in [1.165, 1.54) is 0 Å². The number of carboxylic acids is 1. The van der Waals surface area contributed by atoms with Crippen molar-refractivity contribution >= 4 is 17.8 Å². The van der Waals surface area contributed by atoms with E-state index in [4.69, 9.17) is 9.52 Å². The van der Waals surface area contributed by atoms with Crippen molar-refractivity contribution in [2.45, 2.75) is 19.8 Å². The molecule has 1 aliphatic carbocycles. The van der Waals surface area contributed by atoms with E-state index in [-0.39, 0.29) is 11.5 Å². The Bertz CT molecular complexity index is 756. The number of pyridine rings is 1. The largest absolute Gasteiger partial charge is 0.475 e. The van der Waals surface area contributed by atoms with E-state index < -0.39 is 5.97 Å². The van der Waals surface area contributed by atoms with Gasteiger partial charge in [0.1, 0.15) is 5.76 Å². The Balaban J connectivity index is 2.03. The number of hydrogen-bond acceptors (Lipinski definition) is 4. The predicted molar refractivity (Wildman–Crippen MR) is 75.3 cm³/mol. The Hall–Kier alpha value is -2.69. The lowest BCUT2D eigenvalue weighted by Gasteiger charge is -2.13. The Labute approximate surface area is 120 Å². The summed E-state index contributed by atoms with van der Waals surface area (Å²) in [5.41, 5.74) is 2.30. The van der Waals surface area contributed by atoms with Gasteiger partial charge in [-0.3, -0.25) is 9.78 Å². The molecular weight excluding hydrogens is 270 g/mol. The van der Waals surface area contributed by atoms with Gasteiger partial charge in [0.2, 0.25) is 5.76 Å². The minimum Gasteiger partial charge on any atom is -0.475 e. The number of furan rings is 1. The summed E-state index contributed by atoms with van der Waals surface area (Å²) >= 11 is 0. The summed E-state index contributed by atoms with van der Waals surface area (Å²) in [6.07, 6.45) is 6.21. The van der Waals surface area contributed by atoms with Crippen LogP contribution >= 0.6 is 0 Å². The molecule has 0 atom stereocenters. The van der Waals surface area contributed by atoms with Gasteiger partial charge in [0.25, 0.3) is 0 Å². The van der Waals surface area contributed by atoms with Crippen LogP contribution < -0.4 is 0 Å². The number of carbonyl (C=O) groups is 2. The molecule has 0 aromatic carbocycles. The zero-order valence-electron chi connectivity index (χ0n) is 11.4. The van der Waals surface area contributed by atoms with Gasteiger partial charge in [0.15, 0.2) is 5.78 Å². The first kappa shape index (κ1) is 13.3. The van der Waals surface area contributed by atoms with Crippen LogP contribution in [0.25, 0.3) is 6.08 Å². The first-order valence-electron chi connectivity index (χ1n) is 6.58. The van der Waals surface area contributed by atoms with Crippen molar-refractivity contribution in [1.29, 1.82) is 0 Å². The number of fused-ring (bicyclic) bond motifs is 1. The van der Waals surface area contributed by atoms with E-state index in [0.29, 0.717) is 35.3 Å². The smallest absolute Gasteiger partial charge is 0.372 e. The van der Waals surface area contributed by atoms with Gasteiger partial charge < -0.3 is 9.52 Å². The molecule has 3 rings (SSSR count). The molecule has 0 unspecified atom stereocenters. The van der Waals surface area contributed by atoms with Crippen molar-refractivity contribution in [2.75, 3.05) is 0 Å². The van der Waals surface area contributed by atoms with Crippen molar-refractivity contribution in [1.82, 2.24) is 4.98 Å². The highest BCUT2D eigenvalue weighted by Crippen LogP contribution is 2.32. The number of allylic oxidation sites excluding steroid dienone is 1. The lowest BCUT2D eigenvalue weighted by atomic mass is 9.88. The Morgan fingerprint density at radius 3 is 2.90 bits per heavy atom. The van der Waals surface area contributed by atoms with Gasteiger partial charge in [0.05, 0.1) is 5.56 Å². The molecule has 5 heteroatoms. The van der Waals surface area contributed by atoms with E-state index in [1.54, 1.807) is 31.5 Å². The number of Topliss-reactive ketones (excluding diaryl/α,β-unsaturated/α-hetero) is 1. The molecule has 0 spiro atoms. The van der Waals surface area contributed by atoms with Crippen molar-refractivity contribution in [3.63, 3.8) is 0 Å². The second-order valence-corrected chi connectivity index (χ2v) is 4.94. The summed E-state index contributed by atoms with van der Waals surface area (Å²) in [6.45, 7) is 1.61. The first-order chi connectivity index (χ1) is 10.1. The highest BCUT2D eigenvalue weighted by molar-refractivity contribution is 6.14. The minimum absolute atomic E-state index is 0.143. The maximum Gasteiger partial charge on any atom is 0.372 e. The molecule has 21 heavy (non-hydrogen) atoms. The molecular formula is C16H13NO4. The number of hydrogen-bond donors (Lipinski definition) is 1. The van der Waals surface area contributed by atoms with Gasteiger partial charge in [-0.2, -0.15) is 0 Å². The number of carbonyl (C=O) groups excluding carboxylic acids is 1. The second-order valence-electron chi connectivity index (χ2n) is 4.94. The Kier molecular flexibility index (Phi) is 3.17. The van der Waals surface area contributed by atoms with Gasteiger partial charge in [-0.25, -0.2) is 4.79 Å². The maximum atomic E-state index is 12.5. The normalized spacial score (nSPS) is 16.0. The van der Waals surface area contributed by atoms with Gasteiger partial charge in [0, 0.05) is 30.0 Å². The standard InChI is InChI=1S/C16H13NO4/c1-9-13-12(21-15(9)16(19)20)5-4-11(14(13)18)7-10-3-2-6-17-8-10/h2-3,6-8H,4-5H2,1H3,(H,19,20). The number of aromatic carboxylic acids is 1. The monoisotopic (exact) mass is 283 g/mol. The molecule has 1 aliphatic rings. The van der Waals surface area contributed by atoms with Crippen molar-refractivity contribution in [2.24, 2.45) is 0 Å².